The summed E-state index contributed by atoms with van der Waals surface area (Å²) < 4.78 is 0. The highest BCUT2D eigenvalue weighted by atomic mass is 16.2. The molecule has 4 heteroatoms. The highest BCUT2D eigenvalue weighted by Crippen LogP contribution is 2.11. The molecule has 1 aromatic rings. The van der Waals surface area contributed by atoms with E-state index in [-0.39, 0.29) is 11.9 Å². The molecule has 1 fully saturated rings. The zero-order chi connectivity index (χ0) is 9.97. The number of pyridine rings is 1. The van der Waals surface area contributed by atoms with Gasteiger partial charge >= 0.3 is 0 Å². The number of hydrogen-bond donors (Lipinski definition) is 1. The lowest BCUT2D eigenvalue weighted by atomic mass is 10.3. The maximum absolute atomic E-state index is 11.4. The average Bonchev–Trinajstić information content (AvgIpc) is 2.47. The van der Waals surface area contributed by atoms with Crippen LogP contribution in [0.1, 0.15) is 12.1 Å². The lowest BCUT2D eigenvalue weighted by molar-refractivity contribution is -0.128. The Morgan fingerprint density at radius 3 is 3.00 bits per heavy atom. The van der Waals surface area contributed by atoms with Gasteiger partial charge in [-0.25, -0.2) is 0 Å². The largest absolute Gasteiger partial charge is 0.335 e. The first kappa shape index (κ1) is 9.15. The molecule has 4 nitrogen and oxygen atoms in total. The van der Waals surface area contributed by atoms with Crippen molar-refractivity contribution < 1.29 is 4.79 Å². The first-order chi connectivity index (χ1) is 6.75. The molecule has 1 amide bonds. The van der Waals surface area contributed by atoms with Crippen molar-refractivity contribution in [1.29, 1.82) is 0 Å². The Hall–Kier alpha value is -1.42. The van der Waals surface area contributed by atoms with Crippen LogP contribution in [0.2, 0.25) is 0 Å². The van der Waals surface area contributed by atoms with Gasteiger partial charge in [-0.1, -0.05) is 6.07 Å². The number of hydrogen-bond acceptors (Lipinski definition) is 3. The van der Waals surface area contributed by atoms with Gasteiger partial charge in [0.15, 0.2) is 0 Å². The molecule has 1 unspecified atom stereocenters. The van der Waals surface area contributed by atoms with Crippen LogP contribution in [0.5, 0.6) is 0 Å². The SMILES string of the molecule is NC1CC(=O)N(Cc2ccccn2)C1. The molecule has 0 bridgehead atoms. The van der Waals surface area contributed by atoms with Crippen LogP contribution >= 0.6 is 0 Å². The summed E-state index contributed by atoms with van der Waals surface area (Å²) in [6.45, 7) is 1.22. The molecule has 74 valence electrons. The standard InChI is InChI=1S/C10H13N3O/c11-8-5-10(14)13(6-8)7-9-3-1-2-4-12-9/h1-4,8H,5-7,11H2. The Balaban J connectivity index is 2.02. The van der Waals surface area contributed by atoms with Crippen molar-refractivity contribution in [3.05, 3.63) is 30.1 Å². The lowest BCUT2D eigenvalue weighted by Gasteiger charge is -2.14. The number of carbonyl (C=O) groups excluding carboxylic acids is 1. The van der Waals surface area contributed by atoms with Gasteiger partial charge in [-0.3, -0.25) is 9.78 Å². The second-order valence-electron chi connectivity index (χ2n) is 3.56. The maximum atomic E-state index is 11.4. The molecule has 1 aliphatic heterocycles. The number of amides is 1. The van der Waals surface area contributed by atoms with Crippen molar-refractivity contribution in [3.63, 3.8) is 0 Å². The van der Waals surface area contributed by atoms with E-state index >= 15 is 0 Å². The quantitative estimate of drug-likeness (QED) is 0.723. The number of rotatable bonds is 2. The van der Waals surface area contributed by atoms with Crippen LogP contribution in [0.3, 0.4) is 0 Å². The monoisotopic (exact) mass is 191 g/mol. The average molecular weight is 191 g/mol. The van der Waals surface area contributed by atoms with Crippen molar-refractivity contribution >= 4 is 5.91 Å². The number of likely N-dealkylation sites (tertiary alicyclic amines) is 1. The molecule has 0 aromatic carbocycles. The van der Waals surface area contributed by atoms with E-state index in [4.69, 9.17) is 5.73 Å². The summed E-state index contributed by atoms with van der Waals surface area (Å²) in [7, 11) is 0. The van der Waals surface area contributed by atoms with Crippen molar-refractivity contribution in [2.75, 3.05) is 6.54 Å². The minimum Gasteiger partial charge on any atom is -0.335 e. The van der Waals surface area contributed by atoms with Crippen LogP contribution in [0.15, 0.2) is 24.4 Å². The predicted octanol–water partition coefficient (Wildman–Crippen LogP) is 0.141. The van der Waals surface area contributed by atoms with Gasteiger partial charge in [0.25, 0.3) is 0 Å². The second kappa shape index (κ2) is 3.75. The molecule has 2 rings (SSSR count). The third-order valence-corrected chi connectivity index (χ3v) is 2.32. The van der Waals surface area contributed by atoms with Gasteiger partial charge in [0.2, 0.25) is 5.91 Å². The van der Waals surface area contributed by atoms with E-state index < -0.39 is 0 Å². The third-order valence-electron chi connectivity index (χ3n) is 2.32. The predicted molar refractivity (Wildman–Crippen MR) is 52.2 cm³/mol. The maximum Gasteiger partial charge on any atom is 0.224 e. The molecule has 0 spiro atoms. The lowest BCUT2D eigenvalue weighted by Crippen LogP contribution is -2.28. The van der Waals surface area contributed by atoms with E-state index in [1.807, 2.05) is 18.2 Å². The third kappa shape index (κ3) is 1.90. The van der Waals surface area contributed by atoms with Crippen LogP contribution in [-0.4, -0.2) is 28.4 Å². The van der Waals surface area contributed by atoms with E-state index in [1.165, 1.54) is 0 Å². The molecule has 14 heavy (non-hydrogen) atoms. The summed E-state index contributed by atoms with van der Waals surface area (Å²) in [5.74, 6) is 0.128. The van der Waals surface area contributed by atoms with Crippen LogP contribution < -0.4 is 5.73 Å². The first-order valence-electron chi connectivity index (χ1n) is 4.69. The summed E-state index contributed by atoms with van der Waals surface area (Å²) in [4.78, 5) is 17.3. The van der Waals surface area contributed by atoms with E-state index in [1.54, 1.807) is 11.1 Å². The molecular weight excluding hydrogens is 178 g/mol. The van der Waals surface area contributed by atoms with Gasteiger partial charge < -0.3 is 10.6 Å². The fourth-order valence-corrected chi connectivity index (χ4v) is 1.64. The van der Waals surface area contributed by atoms with Crippen LogP contribution in [0.4, 0.5) is 0 Å². The summed E-state index contributed by atoms with van der Waals surface area (Å²) in [6.07, 6.45) is 2.20. The molecule has 1 aromatic heterocycles. The molecule has 0 saturated carbocycles. The number of aromatic nitrogens is 1. The fourth-order valence-electron chi connectivity index (χ4n) is 1.64. The molecule has 0 aliphatic carbocycles. The van der Waals surface area contributed by atoms with Crippen molar-refractivity contribution in [2.45, 2.75) is 19.0 Å². The van der Waals surface area contributed by atoms with E-state index in [9.17, 15) is 4.79 Å². The van der Waals surface area contributed by atoms with Gasteiger partial charge in [-0.15, -0.1) is 0 Å². The van der Waals surface area contributed by atoms with Gasteiger partial charge in [-0.05, 0) is 12.1 Å². The van der Waals surface area contributed by atoms with Crippen molar-refractivity contribution in [1.82, 2.24) is 9.88 Å². The van der Waals surface area contributed by atoms with Gasteiger partial charge in [0.05, 0.1) is 12.2 Å². The Morgan fingerprint density at radius 2 is 2.43 bits per heavy atom. The minimum atomic E-state index is -0.00814. The molecule has 1 saturated heterocycles. The summed E-state index contributed by atoms with van der Waals surface area (Å²) in [5.41, 5.74) is 6.60. The highest BCUT2D eigenvalue weighted by Gasteiger charge is 2.26. The fraction of sp³-hybridized carbons (Fsp3) is 0.400. The second-order valence-corrected chi connectivity index (χ2v) is 3.56. The first-order valence-corrected chi connectivity index (χ1v) is 4.69. The normalized spacial score (nSPS) is 21.6. The molecular formula is C10H13N3O. The zero-order valence-electron chi connectivity index (χ0n) is 7.89. The molecule has 2 heterocycles. The Bertz CT molecular complexity index is 325. The Labute approximate surface area is 82.7 Å². The topological polar surface area (TPSA) is 59.2 Å². The minimum absolute atomic E-state index is 0.00814. The van der Waals surface area contributed by atoms with Crippen molar-refractivity contribution in [2.24, 2.45) is 5.73 Å². The summed E-state index contributed by atoms with van der Waals surface area (Å²) >= 11 is 0. The summed E-state index contributed by atoms with van der Waals surface area (Å²) in [5, 5.41) is 0. The van der Waals surface area contributed by atoms with Gasteiger partial charge in [0.1, 0.15) is 0 Å². The molecule has 1 atom stereocenters. The Morgan fingerprint density at radius 1 is 1.57 bits per heavy atom. The van der Waals surface area contributed by atoms with Crippen LogP contribution in [0.25, 0.3) is 0 Å². The smallest absolute Gasteiger partial charge is 0.224 e. The van der Waals surface area contributed by atoms with E-state index in [2.05, 4.69) is 4.98 Å². The van der Waals surface area contributed by atoms with E-state index in [0.29, 0.717) is 19.5 Å². The molecule has 1 aliphatic rings. The van der Waals surface area contributed by atoms with Gasteiger partial charge in [0, 0.05) is 25.2 Å². The number of nitrogens with two attached hydrogens (primary N) is 1. The van der Waals surface area contributed by atoms with Crippen LogP contribution in [-0.2, 0) is 11.3 Å². The van der Waals surface area contributed by atoms with Gasteiger partial charge in [-0.2, -0.15) is 0 Å². The van der Waals surface area contributed by atoms with Crippen LogP contribution in [0, 0.1) is 0 Å². The van der Waals surface area contributed by atoms with E-state index in [0.717, 1.165) is 5.69 Å². The Kier molecular flexibility index (Phi) is 2.45. The molecule has 0 radical (unpaired) electrons. The highest BCUT2D eigenvalue weighted by molar-refractivity contribution is 5.79. The van der Waals surface area contributed by atoms with Crippen molar-refractivity contribution in [3.8, 4) is 0 Å². The zero-order valence-corrected chi connectivity index (χ0v) is 7.89. The molecule has 2 N–H and O–H groups in total. The number of carbonyl (C=O) groups is 1. The summed E-state index contributed by atoms with van der Waals surface area (Å²) in [6, 6.07) is 5.69. The number of nitrogens with zero attached hydrogens (tertiary/aromatic N) is 2.